The summed E-state index contributed by atoms with van der Waals surface area (Å²) in [5, 5.41) is 3.33. The molecule has 1 aromatic carbocycles. The number of methoxy groups -OCH3 is 1. The number of halogens is 1. The topological polar surface area (TPSA) is 34.1 Å². The largest absolute Gasteiger partial charge is 0.496 e. The van der Waals surface area contributed by atoms with Crippen molar-refractivity contribution in [3.63, 3.8) is 0 Å². The fraction of sp³-hybridized carbons (Fsp3) is 0.267. The summed E-state index contributed by atoms with van der Waals surface area (Å²) in [6, 6.07) is 12.0. The van der Waals surface area contributed by atoms with Gasteiger partial charge in [-0.15, -0.1) is 0 Å². The van der Waals surface area contributed by atoms with Crippen molar-refractivity contribution in [2.45, 2.75) is 12.8 Å². The van der Waals surface area contributed by atoms with Crippen molar-refractivity contribution >= 4 is 21.7 Å². The number of para-hydroxylation sites is 1. The molecule has 3 nitrogen and oxygen atoms in total. The first-order chi connectivity index (χ1) is 9.20. The van der Waals surface area contributed by atoms with Crippen LogP contribution >= 0.6 is 15.9 Å². The van der Waals surface area contributed by atoms with Crippen LogP contribution < -0.4 is 10.1 Å². The Morgan fingerprint density at radius 1 is 1.26 bits per heavy atom. The van der Waals surface area contributed by atoms with E-state index in [9.17, 15) is 0 Å². The molecule has 2 aromatic rings. The van der Waals surface area contributed by atoms with Crippen molar-refractivity contribution in [3.05, 3.63) is 52.6 Å². The highest BCUT2D eigenvalue weighted by Crippen LogP contribution is 2.26. The van der Waals surface area contributed by atoms with Gasteiger partial charge in [0.2, 0.25) is 0 Å². The zero-order valence-electron chi connectivity index (χ0n) is 11.1. The molecule has 100 valence electrons. The van der Waals surface area contributed by atoms with E-state index in [1.807, 2.05) is 30.3 Å². The van der Waals surface area contributed by atoms with Crippen LogP contribution in [-0.4, -0.2) is 18.6 Å². The van der Waals surface area contributed by atoms with Crippen LogP contribution in [0.3, 0.4) is 0 Å². The molecule has 1 N–H and O–H groups in total. The van der Waals surface area contributed by atoms with E-state index in [0.717, 1.165) is 22.6 Å². The molecule has 0 aliphatic carbocycles. The molecular formula is C15H17BrN2O. The Bertz CT molecular complexity index is 528. The number of nitrogens with zero attached hydrogens (tertiary/aromatic N) is 1. The summed E-state index contributed by atoms with van der Waals surface area (Å²) in [6.45, 7) is 2.98. The molecule has 0 fully saturated rings. The van der Waals surface area contributed by atoms with Gasteiger partial charge >= 0.3 is 0 Å². The molecular weight excluding hydrogens is 304 g/mol. The molecule has 0 aliphatic rings. The lowest BCUT2D eigenvalue weighted by Crippen LogP contribution is -2.11. The van der Waals surface area contributed by atoms with Crippen LogP contribution in [0.2, 0.25) is 0 Å². The lowest BCUT2D eigenvalue weighted by molar-refractivity contribution is 0.407. The molecule has 0 saturated carbocycles. The van der Waals surface area contributed by atoms with E-state index < -0.39 is 0 Å². The summed E-state index contributed by atoms with van der Waals surface area (Å²) in [4.78, 5) is 4.30. The maximum atomic E-state index is 5.38. The van der Waals surface area contributed by atoms with E-state index in [-0.39, 0.29) is 0 Å². The summed E-state index contributed by atoms with van der Waals surface area (Å²) in [5.74, 6) is 2.16. The Morgan fingerprint density at radius 3 is 2.74 bits per heavy atom. The van der Waals surface area contributed by atoms with E-state index in [2.05, 4.69) is 39.2 Å². The van der Waals surface area contributed by atoms with E-state index >= 15 is 0 Å². The SMILES string of the molecule is COc1ccccc1C(C)CNc1ccc(Br)cn1. The minimum absolute atomic E-state index is 0.349. The van der Waals surface area contributed by atoms with Gasteiger partial charge in [-0.3, -0.25) is 0 Å². The lowest BCUT2D eigenvalue weighted by atomic mass is 10.00. The smallest absolute Gasteiger partial charge is 0.125 e. The van der Waals surface area contributed by atoms with E-state index in [0.29, 0.717) is 5.92 Å². The summed E-state index contributed by atoms with van der Waals surface area (Å²) in [5.41, 5.74) is 1.20. The fourth-order valence-corrected chi connectivity index (χ4v) is 2.16. The highest BCUT2D eigenvalue weighted by atomic mass is 79.9. The van der Waals surface area contributed by atoms with Crippen molar-refractivity contribution < 1.29 is 4.74 Å². The first-order valence-electron chi connectivity index (χ1n) is 6.19. The second-order valence-electron chi connectivity index (χ2n) is 4.39. The maximum Gasteiger partial charge on any atom is 0.125 e. The highest BCUT2D eigenvalue weighted by Gasteiger charge is 2.10. The Morgan fingerprint density at radius 2 is 2.05 bits per heavy atom. The third kappa shape index (κ3) is 3.70. The third-order valence-corrected chi connectivity index (χ3v) is 3.46. The van der Waals surface area contributed by atoms with Crippen LogP contribution in [0.5, 0.6) is 5.75 Å². The zero-order valence-corrected chi connectivity index (χ0v) is 12.6. The molecule has 1 aromatic heterocycles. The van der Waals surface area contributed by atoms with Crippen LogP contribution in [0.1, 0.15) is 18.4 Å². The number of benzene rings is 1. The molecule has 0 radical (unpaired) electrons. The number of nitrogens with one attached hydrogen (secondary N) is 1. The summed E-state index contributed by atoms with van der Waals surface area (Å²) in [6.07, 6.45) is 1.79. The monoisotopic (exact) mass is 320 g/mol. The molecule has 0 amide bonds. The average molecular weight is 321 g/mol. The van der Waals surface area contributed by atoms with Gasteiger partial charge in [0.1, 0.15) is 11.6 Å². The van der Waals surface area contributed by atoms with Crippen molar-refractivity contribution in [2.75, 3.05) is 19.0 Å². The molecule has 19 heavy (non-hydrogen) atoms. The molecule has 2 rings (SSSR count). The van der Waals surface area contributed by atoms with Gasteiger partial charge in [0.15, 0.2) is 0 Å². The van der Waals surface area contributed by atoms with Gasteiger partial charge in [-0.1, -0.05) is 25.1 Å². The third-order valence-electron chi connectivity index (χ3n) is 2.99. The van der Waals surface area contributed by atoms with Crippen molar-refractivity contribution in [2.24, 2.45) is 0 Å². The minimum atomic E-state index is 0.349. The Balaban J connectivity index is 2.01. The molecule has 1 unspecified atom stereocenters. The van der Waals surface area contributed by atoms with E-state index in [1.54, 1.807) is 13.3 Å². The van der Waals surface area contributed by atoms with Crippen LogP contribution in [0.15, 0.2) is 47.1 Å². The van der Waals surface area contributed by atoms with Gasteiger partial charge in [-0.25, -0.2) is 4.98 Å². The van der Waals surface area contributed by atoms with Crippen LogP contribution in [-0.2, 0) is 0 Å². The summed E-state index contributed by atoms with van der Waals surface area (Å²) >= 11 is 3.37. The van der Waals surface area contributed by atoms with E-state index in [4.69, 9.17) is 4.74 Å². The van der Waals surface area contributed by atoms with Gasteiger partial charge in [-0.2, -0.15) is 0 Å². The van der Waals surface area contributed by atoms with Gasteiger partial charge in [0.05, 0.1) is 7.11 Å². The first kappa shape index (κ1) is 13.9. The predicted octanol–water partition coefficient (Wildman–Crippen LogP) is 4.07. The minimum Gasteiger partial charge on any atom is -0.496 e. The average Bonchev–Trinajstić information content (AvgIpc) is 2.46. The second-order valence-corrected chi connectivity index (χ2v) is 5.30. The second kappa shape index (κ2) is 6.57. The van der Waals surface area contributed by atoms with E-state index in [1.165, 1.54) is 5.56 Å². The number of hydrogen-bond acceptors (Lipinski definition) is 3. The van der Waals surface area contributed by atoms with Crippen molar-refractivity contribution in [1.82, 2.24) is 4.98 Å². The Hall–Kier alpha value is -1.55. The molecule has 4 heteroatoms. The molecule has 1 atom stereocenters. The van der Waals surface area contributed by atoms with Crippen LogP contribution in [0.4, 0.5) is 5.82 Å². The van der Waals surface area contributed by atoms with Gasteiger partial charge < -0.3 is 10.1 Å². The Labute approximate surface area is 122 Å². The Kier molecular flexibility index (Phi) is 4.80. The maximum absolute atomic E-state index is 5.38. The molecule has 0 spiro atoms. The summed E-state index contributed by atoms with van der Waals surface area (Å²) in [7, 11) is 1.70. The molecule has 0 aliphatic heterocycles. The summed E-state index contributed by atoms with van der Waals surface area (Å²) < 4.78 is 6.37. The quantitative estimate of drug-likeness (QED) is 0.901. The first-order valence-corrected chi connectivity index (χ1v) is 6.98. The molecule has 0 saturated heterocycles. The van der Waals surface area contributed by atoms with Gasteiger partial charge in [0.25, 0.3) is 0 Å². The number of pyridine rings is 1. The van der Waals surface area contributed by atoms with Gasteiger partial charge in [-0.05, 0) is 39.7 Å². The van der Waals surface area contributed by atoms with Crippen LogP contribution in [0, 0.1) is 0 Å². The number of aromatic nitrogens is 1. The lowest BCUT2D eigenvalue weighted by Gasteiger charge is -2.16. The number of ether oxygens (including phenoxy) is 1. The van der Waals surface area contributed by atoms with Gasteiger partial charge in [0, 0.05) is 23.1 Å². The molecule has 0 bridgehead atoms. The molecule has 1 heterocycles. The number of anilines is 1. The zero-order chi connectivity index (χ0) is 13.7. The van der Waals surface area contributed by atoms with Crippen LogP contribution in [0.25, 0.3) is 0 Å². The standard InChI is InChI=1S/C15H17BrN2O/c1-11(13-5-3-4-6-14(13)19-2)9-17-15-8-7-12(16)10-18-15/h3-8,10-11H,9H2,1-2H3,(H,17,18). The highest BCUT2D eigenvalue weighted by molar-refractivity contribution is 9.10. The predicted molar refractivity (Wildman–Crippen MR) is 81.8 cm³/mol. The van der Waals surface area contributed by atoms with Crippen molar-refractivity contribution in [1.29, 1.82) is 0 Å². The van der Waals surface area contributed by atoms with Crippen molar-refractivity contribution in [3.8, 4) is 5.75 Å². The normalized spacial score (nSPS) is 11.9. The fourth-order valence-electron chi connectivity index (χ4n) is 1.92. The number of rotatable bonds is 5. The number of hydrogen-bond donors (Lipinski definition) is 1.